The number of hydrogen-bond acceptors (Lipinski definition) is 4. The summed E-state index contributed by atoms with van der Waals surface area (Å²) in [5.74, 6) is -0.363. The summed E-state index contributed by atoms with van der Waals surface area (Å²) in [6.45, 7) is -1.50. The molecule has 1 atom stereocenters. The van der Waals surface area contributed by atoms with Gasteiger partial charge in [-0.05, 0) is 22.4 Å². The van der Waals surface area contributed by atoms with Crippen molar-refractivity contribution in [2.24, 2.45) is 0 Å². The number of rotatable bonds is 7. The van der Waals surface area contributed by atoms with Crippen LogP contribution in [0.3, 0.4) is 0 Å². The van der Waals surface area contributed by atoms with E-state index in [0.29, 0.717) is 0 Å². The largest absolute Gasteiger partial charge is 0.468 e. The second-order valence-electron chi connectivity index (χ2n) is 3.73. The Kier molecular flexibility index (Phi) is 6.57. The Hall–Kier alpha value is -0.710. The zero-order valence-corrected chi connectivity index (χ0v) is 12.6. The van der Waals surface area contributed by atoms with Crippen LogP contribution in [0.1, 0.15) is 6.42 Å². The molecule has 120 valence electrons. The smallest absolute Gasteiger partial charge is 0.422 e. The molecule has 1 aromatic rings. The zero-order valence-electron chi connectivity index (χ0n) is 10.2. The Morgan fingerprint density at radius 2 is 1.95 bits per heavy atom. The number of thioether (sulfide) groups is 1. The zero-order chi connectivity index (χ0) is 16.1. The first-order valence-electron chi connectivity index (χ1n) is 5.44. The second kappa shape index (κ2) is 7.52. The minimum absolute atomic E-state index is 0.0137. The Morgan fingerprint density at radius 1 is 1.29 bits per heavy atom. The van der Waals surface area contributed by atoms with Gasteiger partial charge in [0.25, 0.3) is 0 Å². The first-order chi connectivity index (χ1) is 9.58. The van der Waals surface area contributed by atoms with Crippen LogP contribution in [-0.4, -0.2) is 39.5 Å². The van der Waals surface area contributed by atoms with Gasteiger partial charge in [0.1, 0.15) is 0 Å². The van der Waals surface area contributed by atoms with Gasteiger partial charge in [-0.2, -0.15) is 26.9 Å². The number of ether oxygens (including phenoxy) is 1. The highest BCUT2D eigenvalue weighted by Gasteiger charge is 2.36. The lowest BCUT2D eigenvalue weighted by molar-refractivity contribution is -0.154. The lowest BCUT2D eigenvalue weighted by atomic mass is 10.3. The second-order valence-corrected chi connectivity index (χ2v) is 5.85. The molecule has 0 saturated carbocycles. The van der Waals surface area contributed by atoms with Crippen molar-refractivity contribution in [2.45, 2.75) is 28.8 Å². The van der Waals surface area contributed by atoms with E-state index in [1.54, 1.807) is 0 Å². The third-order valence-corrected chi connectivity index (χ3v) is 3.34. The number of alkyl halides is 7. The van der Waals surface area contributed by atoms with Crippen LogP contribution in [0.15, 0.2) is 17.4 Å². The molecule has 0 fully saturated rings. The van der Waals surface area contributed by atoms with Gasteiger partial charge < -0.3 is 4.74 Å². The van der Waals surface area contributed by atoms with Crippen molar-refractivity contribution in [3.8, 4) is 5.88 Å². The lowest BCUT2D eigenvalue weighted by Crippen LogP contribution is -2.22. The van der Waals surface area contributed by atoms with Crippen LogP contribution in [0.4, 0.5) is 26.3 Å². The fraction of sp³-hybridized carbons (Fsp3) is 0.600. The van der Waals surface area contributed by atoms with E-state index in [4.69, 9.17) is 0 Å². The molecule has 1 unspecified atom stereocenters. The van der Waals surface area contributed by atoms with Crippen LogP contribution in [0.2, 0.25) is 0 Å². The molecule has 0 bridgehead atoms. The van der Waals surface area contributed by atoms with Gasteiger partial charge in [-0.1, -0.05) is 11.8 Å². The van der Waals surface area contributed by atoms with E-state index in [2.05, 4.69) is 14.7 Å². The van der Waals surface area contributed by atoms with Gasteiger partial charge in [0, 0.05) is 18.0 Å². The van der Waals surface area contributed by atoms with E-state index >= 15 is 0 Å². The average Bonchev–Trinajstić information content (AvgIpc) is 2.35. The quantitative estimate of drug-likeness (QED) is 0.298. The maximum Gasteiger partial charge on any atom is 0.422 e. The molecule has 0 radical (unpaired) electrons. The number of halogens is 7. The van der Waals surface area contributed by atoms with Crippen molar-refractivity contribution in [3.05, 3.63) is 12.3 Å². The fourth-order valence-corrected chi connectivity index (χ4v) is 2.07. The molecule has 1 heterocycles. The average molecular weight is 399 g/mol. The molecular formula is C10H9BrF6N2OS. The summed E-state index contributed by atoms with van der Waals surface area (Å²) in [6.07, 6.45) is -6.19. The number of aromatic nitrogens is 2. The molecule has 11 heteroatoms. The highest BCUT2D eigenvalue weighted by Crippen LogP contribution is 2.31. The van der Waals surface area contributed by atoms with E-state index in [0.717, 1.165) is 24.0 Å². The Labute approximate surface area is 128 Å². The first-order valence-corrected chi connectivity index (χ1v) is 7.22. The Morgan fingerprint density at radius 3 is 2.52 bits per heavy atom. The van der Waals surface area contributed by atoms with E-state index < -0.39 is 30.2 Å². The molecule has 0 saturated heterocycles. The molecule has 0 aliphatic carbocycles. The van der Waals surface area contributed by atoms with E-state index in [1.165, 1.54) is 0 Å². The maximum atomic E-state index is 12.9. The first kappa shape index (κ1) is 18.3. The van der Waals surface area contributed by atoms with Crippen LogP contribution in [0.25, 0.3) is 0 Å². The molecule has 3 nitrogen and oxygen atoms in total. The summed E-state index contributed by atoms with van der Waals surface area (Å²) < 4.78 is 78.2. The summed E-state index contributed by atoms with van der Waals surface area (Å²) in [6, 6.07) is 1.13. The normalized spacial score (nSPS) is 14.0. The predicted octanol–water partition coefficient (Wildman–Crippen LogP) is 4.23. The summed E-state index contributed by atoms with van der Waals surface area (Å²) >= 11 is 2.74. The Balaban J connectivity index is 2.46. The minimum atomic E-state index is -4.50. The predicted molar refractivity (Wildman–Crippen MR) is 67.7 cm³/mol. The van der Waals surface area contributed by atoms with E-state index in [9.17, 15) is 26.3 Å². The summed E-state index contributed by atoms with van der Waals surface area (Å²) in [7, 11) is 0. The molecule has 0 amide bonds. The van der Waals surface area contributed by atoms with Crippen molar-refractivity contribution in [3.63, 3.8) is 0 Å². The minimum Gasteiger partial charge on any atom is -0.468 e. The van der Waals surface area contributed by atoms with Gasteiger partial charge in [0.2, 0.25) is 5.88 Å². The van der Waals surface area contributed by atoms with Gasteiger partial charge in [-0.25, -0.2) is 9.37 Å². The van der Waals surface area contributed by atoms with Crippen molar-refractivity contribution >= 4 is 27.7 Å². The van der Waals surface area contributed by atoms with E-state index in [-0.39, 0.29) is 16.8 Å². The van der Waals surface area contributed by atoms with E-state index in [1.807, 2.05) is 15.9 Å². The molecule has 21 heavy (non-hydrogen) atoms. The highest BCUT2D eigenvalue weighted by molar-refractivity contribution is 9.10. The van der Waals surface area contributed by atoms with Gasteiger partial charge in [0.05, 0.1) is 0 Å². The third kappa shape index (κ3) is 7.74. The van der Waals surface area contributed by atoms with Crippen LogP contribution in [0, 0.1) is 0 Å². The van der Waals surface area contributed by atoms with Crippen LogP contribution in [0.5, 0.6) is 5.88 Å². The van der Waals surface area contributed by atoms with Crippen molar-refractivity contribution < 1.29 is 31.1 Å². The molecule has 0 aromatic carbocycles. The maximum absolute atomic E-state index is 12.9. The molecule has 1 rings (SSSR count). The van der Waals surface area contributed by atoms with Gasteiger partial charge in [-0.3, -0.25) is 0 Å². The molecule has 1 aromatic heterocycles. The van der Waals surface area contributed by atoms with Gasteiger partial charge >= 0.3 is 11.0 Å². The van der Waals surface area contributed by atoms with Gasteiger partial charge in [0.15, 0.2) is 17.9 Å². The summed E-state index contributed by atoms with van der Waals surface area (Å²) in [5.41, 5.74) is 0. The highest BCUT2D eigenvalue weighted by atomic mass is 79.9. The molecule has 0 aliphatic rings. The number of hydrogen-bond donors (Lipinski definition) is 0. The van der Waals surface area contributed by atoms with Crippen molar-refractivity contribution in [1.82, 2.24) is 9.97 Å². The lowest BCUT2D eigenvalue weighted by Gasteiger charge is -2.13. The standard InChI is InChI=1S/C10H9BrF6N2OS/c11-10(16,17)6(12)2-4-21-8-18-3-1-7(19-8)20-5-9(13,14)15/h1,3,6H,2,4-5H2. The molecular weight excluding hydrogens is 390 g/mol. The van der Waals surface area contributed by atoms with Crippen LogP contribution < -0.4 is 4.74 Å². The monoisotopic (exact) mass is 398 g/mol. The topological polar surface area (TPSA) is 35.0 Å². The molecule has 0 aliphatic heterocycles. The fourth-order valence-electron chi connectivity index (χ4n) is 1.05. The Bertz CT molecular complexity index is 456. The SMILES string of the molecule is FC(CCSc1nccc(OCC(F)(F)F)n1)C(F)(F)Br. The summed E-state index contributed by atoms with van der Waals surface area (Å²) in [4.78, 5) is 3.74. The third-order valence-electron chi connectivity index (χ3n) is 1.95. The summed E-state index contributed by atoms with van der Waals surface area (Å²) in [5, 5.41) is 0.0137. The van der Waals surface area contributed by atoms with Crippen LogP contribution in [-0.2, 0) is 0 Å². The molecule has 0 spiro atoms. The van der Waals surface area contributed by atoms with Crippen LogP contribution >= 0.6 is 27.7 Å². The number of nitrogens with zero attached hydrogens (tertiary/aromatic N) is 2. The molecule has 0 N–H and O–H groups in total. The van der Waals surface area contributed by atoms with Gasteiger partial charge in [-0.15, -0.1) is 0 Å². The van der Waals surface area contributed by atoms with Crippen molar-refractivity contribution in [2.75, 3.05) is 12.4 Å². The van der Waals surface area contributed by atoms with Crippen molar-refractivity contribution in [1.29, 1.82) is 0 Å².